The number of aliphatic hydroxyl groups excluding tert-OH is 1. The van der Waals surface area contributed by atoms with Gasteiger partial charge in [0.2, 0.25) is 0 Å². The summed E-state index contributed by atoms with van der Waals surface area (Å²) < 4.78 is 68.0. The third kappa shape index (κ3) is 59.0. The van der Waals surface area contributed by atoms with Crippen molar-refractivity contribution in [3.05, 3.63) is 0 Å². The molecule has 0 rings (SSSR count). The number of esters is 4. The predicted octanol–water partition coefficient (Wildman–Crippen LogP) is 18.2. The molecule has 5 atom stereocenters. The Balaban J connectivity index is 5.23. The molecular formula is C65H126O17P2. The molecule has 0 aromatic heterocycles. The van der Waals surface area contributed by atoms with Crippen molar-refractivity contribution in [2.45, 2.75) is 348 Å². The Bertz CT molecular complexity index is 1640. The van der Waals surface area contributed by atoms with Gasteiger partial charge in [0.1, 0.15) is 19.3 Å². The number of carbonyl (C=O) groups is 4. The van der Waals surface area contributed by atoms with Gasteiger partial charge < -0.3 is 33.8 Å². The first-order valence-electron chi connectivity index (χ1n) is 34.1. The maximum Gasteiger partial charge on any atom is 0.472 e. The summed E-state index contributed by atoms with van der Waals surface area (Å²) in [6.07, 6.45) is 43.0. The van der Waals surface area contributed by atoms with Gasteiger partial charge in [0.25, 0.3) is 0 Å². The third-order valence-corrected chi connectivity index (χ3v) is 16.9. The zero-order chi connectivity index (χ0) is 62.0. The molecule has 0 fully saturated rings. The van der Waals surface area contributed by atoms with Crippen LogP contribution in [-0.4, -0.2) is 96.7 Å². The van der Waals surface area contributed by atoms with Crippen molar-refractivity contribution in [2.75, 3.05) is 39.6 Å². The normalized spacial score (nSPS) is 14.2. The lowest BCUT2D eigenvalue weighted by atomic mass is 10.0. The maximum atomic E-state index is 13.0. The highest BCUT2D eigenvalue weighted by atomic mass is 31.2. The first-order chi connectivity index (χ1) is 40.5. The molecule has 0 aliphatic carbocycles. The Kier molecular flexibility index (Phi) is 57.4. The number of aliphatic hydroxyl groups is 1. The molecular weight excluding hydrogens is 1110 g/mol. The van der Waals surface area contributed by atoms with Crippen LogP contribution in [0.3, 0.4) is 0 Å². The fourth-order valence-electron chi connectivity index (χ4n) is 9.76. The molecule has 0 heterocycles. The van der Waals surface area contributed by atoms with E-state index < -0.39 is 97.5 Å². The van der Waals surface area contributed by atoms with Gasteiger partial charge in [-0.15, -0.1) is 0 Å². The minimum Gasteiger partial charge on any atom is -0.462 e. The molecule has 0 aromatic rings. The fourth-order valence-corrected chi connectivity index (χ4v) is 11.3. The number of phosphoric acid groups is 2. The van der Waals surface area contributed by atoms with E-state index in [2.05, 4.69) is 34.6 Å². The van der Waals surface area contributed by atoms with Gasteiger partial charge in [-0.1, -0.05) is 279 Å². The largest absolute Gasteiger partial charge is 0.472 e. The van der Waals surface area contributed by atoms with Gasteiger partial charge in [-0.05, 0) is 31.6 Å². The van der Waals surface area contributed by atoms with E-state index in [0.717, 1.165) is 102 Å². The minimum atomic E-state index is -4.94. The maximum absolute atomic E-state index is 13.0. The molecule has 0 bridgehead atoms. The summed E-state index contributed by atoms with van der Waals surface area (Å²) >= 11 is 0. The fraction of sp³-hybridized carbons (Fsp3) is 0.938. The number of ether oxygens (including phenoxy) is 4. The van der Waals surface area contributed by atoms with Crippen molar-refractivity contribution in [2.24, 2.45) is 5.92 Å². The van der Waals surface area contributed by atoms with Crippen molar-refractivity contribution in [1.82, 2.24) is 0 Å². The molecule has 84 heavy (non-hydrogen) atoms. The highest BCUT2D eigenvalue weighted by molar-refractivity contribution is 7.47. The lowest BCUT2D eigenvalue weighted by Gasteiger charge is -2.21. The first kappa shape index (κ1) is 82.1. The number of unbranched alkanes of at least 4 members (excludes halogenated alkanes) is 37. The average Bonchev–Trinajstić information content (AvgIpc) is 3.56. The molecule has 0 saturated carbocycles. The van der Waals surface area contributed by atoms with E-state index in [1.54, 1.807) is 0 Å². The second-order valence-electron chi connectivity index (χ2n) is 24.0. The number of carbonyl (C=O) groups excluding carboxylic acids is 4. The van der Waals surface area contributed by atoms with Crippen LogP contribution in [0, 0.1) is 5.92 Å². The lowest BCUT2D eigenvalue weighted by Crippen LogP contribution is -2.30. The summed E-state index contributed by atoms with van der Waals surface area (Å²) in [4.78, 5) is 72.2. The molecule has 498 valence electrons. The number of hydrogen-bond acceptors (Lipinski definition) is 15. The lowest BCUT2D eigenvalue weighted by molar-refractivity contribution is -0.161. The number of phosphoric ester groups is 2. The predicted molar refractivity (Wildman–Crippen MR) is 335 cm³/mol. The van der Waals surface area contributed by atoms with Crippen molar-refractivity contribution < 1.29 is 80.2 Å². The Labute approximate surface area is 511 Å². The SMILES string of the molecule is CCCCCCCCCCCCCCCC(=O)O[C@H](COC(=O)CCCCCCCCCCCC(C)C)COP(=O)(O)OC[C@@H](O)COP(=O)(O)OC[C@@H](COC(=O)CCCCCCCCCC)OC(=O)CCCCCCCCCCCCC. The van der Waals surface area contributed by atoms with Gasteiger partial charge in [0.05, 0.1) is 26.4 Å². The zero-order valence-electron chi connectivity index (χ0n) is 54.0. The Morgan fingerprint density at radius 1 is 0.321 bits per heavy atom. The summed E-state index contributed by atoms with van der Waals surface area (Å²) in [7, 11) is -9.88. The van der Waals surface area contributed by atoms with Crippen molar-refractivity contribution in [1.29, 1.82) is 0 Å². The first-order valence-corrected chi connectivity index (χ1v) is 37.1. The van der Waals surface area contributed by atoms with Crippen molar-refractivity contribution >= 4 is 39.5 Å². The summed E-state index contributed by atoms with van der Waals surface area (Å²) in [6.45, 7) is 7.16. The summed E-state index contributed by atoms with van der Waals surface area (Å²) in [5.41, 5.74) is 0. The van der Waals surface area contributed by atoms with E-state index >= 15 is 0 Å². The molecule has 0 aromatic carbocycles. The van der Waals surface area contributed by atoms with Crippen LogP contribution in [0.2, 0.25) is 0 Å². The van der Waals surface area contributed by atoms with Gasteiger partial charge in [0.15, 0.2) is 12.2 Å². The van der Waals surface area contributed by atoms with Gasteiger partial charge in [-0.3, -0.25) is 37.3 Å². The summed E-state index contributed by atoms with van der Waals surface area (Å²) in [5, 5.41) is 10.5. The van der Waals surface area contributed by atoms with Crippen LogP contribution in [0.15, 0.2) is 0 Å². The summed E-state index contributed by atoms with van der Waals surface area (Å²) in [5.74, 6) is -1.39. The Hall–Kier alpha value is -1.94. The van der Waals surface area contributed by atoms with E-state index in [0.29, 0.717) is 25.7 Å². The zero-order valence-corrected chi connectivity index (χ0v) is 55.8. The van der Waals surface area contributed by atoms with Gasteiger partial charge >= 0.3 is 39.5 Å². The van der Waals surface area contributed by atoms with Gasteiger partial charge in [0, 0.05) is 25.7 Å². The van der Waals surface area contributed by atoms with Crippen LogP contribution in [-0.2, 0) is 65.4 Å². The average molecular weight is 1240 g/mol. The topological polar surface area (TPSA) is 237 Å². The highest BCUT2D eigenvalue weighted by Crippen LogP contribution is 2.45. The summed E-state index contributed by atoms with van der Waals surface area (Å²) in [6, 6.07) is 0. The number of hydrogen-bond donors (Lipinski definition) is 3. The van der Waals surface area contributed by atoms with Crippen LogP contribution in [0.4, 0.5) is 0 Å². The minimum absolute atomic E-state index is 0.107. The highest BCUT2D eigenvalue weighted by Gasteiger charge is 2.30. The van der Waals surface area contributed by atoms with Crippen LogP contribution in [0.5, 0.6) is 0 Å². The molecule has 2 unspecified atom stereocenters. The molecule has 0 radical (unpaired) electrons. The smallest absolute Gasteiger partial charge is 0.462 e. The number of rotatable bonds is 65. The van der Waals surface area contributed by atoms with E-state index in [-0.39, 0.29) is 25.7 Å². The second-order valence-corrected chi connectivity index (χ2v) is 26.9. The van der Waals surface area contributed by atoms with E-state index in [4.69, 9.17) is 37.0 Å². The Morgan fingerprint density at radius 3 is 0.810 bits per heavy atom. The third-order valence-electron chi connectivity index (χ3n) is 15.0. The quantitative estimate of drug-likeness (QED) is 0.0222. The van der Waals surface area contributed by atoms with Crippen LogP contribution in [0.1, 0.15) is 330 Å². The van der Waals surface area contributed by atoms with Crippen LogP contribution < -0.4 is 0 Å². The molecule has 0 amide bonds. The van der Waals surface area contributed by atoms with E-state index in [9.17, 15) is 43.2 Å². The van der Waals surface area contributed by atoms with E-state index in [1.807, 2.05) is 0 Å². The molecule has 19 heteroatoms. The standard InChI is InChI=1S/C65H126O17P2/c1-6-9-12-15-18-21-23-24-26-30-36-41-46-51-65(70)82-61(55-76-63(68)49-44-39-34-31-27-28-32-37-42-47-58(4)5)57-80-84(73,74)78-53-59(66)52-77-83(71,72)79-56-60(54-75-62(67)48-43-38-33-20-17-14-11-8-3)81-64(69)50-45-40-35-29-25-22-19-16-13-10-7-2/h58-61,66H,6-57H2,1-5H3,(H,71,72)(H,73,74)/t59-,60+,61+/m0/s1. The van der Waals surface area contributed by atoms with Crippen molar-refractivity contribution in [3.8, 4) is 0 Å². The van der Waals surface area contributed by atoms with Crippen LogP contribution >= 0.6 is 15.6 Å². The molecule has 0 aliphatic rings. The second kappa shape index (κ2) is 58.7. The van der Waals surface area contributed by atoms with E-state index in [1.165, 1.54) is 148 Å². The van der Waals surface area contributed by atoms with Gasteiger partial charge in [-0.2, -0.15) is 0 Å². The molecule has 3 N–H and O–H groups in total. The monoisotopic (exact) mass is 1240 g/mol. The molecule has 0 spiro atoms. The van der Waals surface area contributed by atoms with Crippen LogP contribution in [0.25, 0.3) is 0 Å². The molecule has 0 saturated heterocycles. The molecule has 0 aliphatic heterocycles. The molecule has 17 nitrogen and oxygen atoms in total. The Morgan fingerprint density at radius 2 is 0.548 bits per heavy atom. The van der Waals surface area contributed by atoms with Gasteiger partial charge in [-0.25, -0.2) is 9.13 Å². The van der Waals surface area contributed by atoms with Crippen molar-refractivity contribution in [3.63, 3.8) is 0 Å².